The molecule has 2 N–H and O–H groups in total. The zero-order chi connectivity index (χ0) is 16.9. The van der Waals surface area contributed by atoms with Crippen LogP contribution in [-0.2, 0) is 4.79 Å². The van der Waals surface area contributed by atoms with E-state index in [0.29, 0.717) is 21.7 Å². The number of H-pyrrole nitrogens is 1. The molecule has 0 radical (unpaired) electrons. The summed E-state index contributed by atoms with van der Waals surface area (Å²) in [7, 11) is 0. The van der Waals surface area contributed by atoms with Gasteiger partial charge in [-0.2, -0.15) is 0 Å². The Bertz CT molecular complexity index is 865. The highest BCUT2D eigenvalue weighted by molar-refractivity contribution is 7.99. The first-order valence-corrected chi connectivity index (χ1v) is 8.65. The molecule has 1 amide bonds. The number of hydrogen-bond acceptors (Lipinski definition) is 4. The Balaban J connectivity index is 1.59. The third-order valence-corrected chi connectivity index (χ3v) is 4.39. The Kier molecular flexibility index (Phi) is 5.17. The van der Waals surface area contributed by atoms with Crippen LogP contribution in [0.2, 0.25) is 5.02 Å². The normalized spacial score (nSPS) is 10.6. The molecular weight excluding hydrogens is 344 g/mol. The number of halogens is 1. The molecule has 1 heterocycles. The van der Waals surface area contributed by atoms with Gasteiger partial charge in [0.2, 0.25) is 11.1 Å². The molecular formula is C17H15ClN4OS. The molecule has 0 saturated carbocycles. The number of amides is 1. The van der Waals surface area contributed by atoms with Crippen molar-refractivity contribution >= 4 is 35.0 Å². The van der Waals surface area contributed by atoms with Crippen LogP contribution >= 0.6 is 23.4 Å². The van der Waals surface area contributed by atoms with Crippen molar-refractivity contribution in [1.82, 2.24) is 15.2 Å². The number of aromatic amines is 1. The van der Waals surface area contributed by atoms with Gasteiger partial charge >= 0.3 is 0 Å². The maximum atomic E-state index is 12.0. The smallest absolute Gasteiger partial charge is 0.234 e. The molecule has 24 heavy (non-hydrogen) atoms. The predicted octanol–water partition coefficient (Wildman–Crippen LogP) is 4.16. The number of nitrogens with zero attached hydrogens (tertiary/aromatic N) is 2. The second-order valence-electron chi connectivity index (χ2n) is 5.13. The average molecular weight is 359 g/mol. The summed E-state index contributed by atoms with van der Waals surface area (Å²) in [6.45, 7) is 2.02. The van der Waals surface area contributed by atoms with Crippen molar-refractivity contribution in [1.29, 1.82) is 0 Å². The molecule has 2 aromatic carbocycles. The molecule has 0 spiro atoms. The van der Waals surface area contributed by atoms with E-state index in [0.717, 1.165) is 11.1 Å². The number of aryl methyl sites for hydroxylation is 1. The number of anilines is 1. The fourth-order valence-corrected chi connectivity index (χ4v) is 2.95. The molecule has 5 nitrogen and oxygen atoms in total. The molecule has 0 aliphatic carbocycles. The molecule has 0 saturated heterocycles. The van der Waals surface area contributed by atoms with Gasteiger partial charge in [0.25, 0.3) is 0 Å². The highest BCUT2D eigenvalue weighted by atomic mass is 35.5. The minimum absolute atomic E-state index is 0.135. The van der Waals surface area contributed by atoms with Crippen LogP contribution in [0.5, 0.6) is 0 Å². The van der Waals surface area contributed by atoms with Gasteiger partial charge in [-0.1, -0.05) is 53.7 Å². The topological polar surface area (TPSA) is 70.7 Å². The van der Waals surface area contributed by atoms with Crippen molar-refractivity contribution < 1.29 is 4.79 Å². The number of benzene rings is 2. The van der Waals surface area contributed by atoms with Crippen molar-refractivity contribution in [3.8, 4) is 11.4 Å². The lowest BCUT2D eigenvalue weighted by atomic mass is 10.1. The second kappa shape index (κ2) is 7.51. The molecule has 0 fully saturated rings. The Morgan fingerprint density at radius 2 is 2.08 bits per heavy atom. The van der Waals surface area contributed by atoms with Gasteiger partial charge in [0, 0.05) is 16.3 Å². The van der Waals surface area contributed by atoms with Gasteiger partial charge in [-0.25, -0.2) is 4.98 Å². The molecule has 0 aliphatic heterocycles. The Labute approximate surface area is 148 Å². The van der Waals surface area contributed by atoms with E-state index >= 15 is 0 Å². The number of carbonyl (C=O) groups excluding carboxylic acids is 1. The first-order chi connectivity index (χ1) is 11.6. The van der Waals surface area contributed by atoms with Crippen LogP contribution in [0, 0.1) is 6.92 Å². The molecule has 0 atom stereocenters. The molecule has 122 valence electrons. The minimum atomic E-state index is -0.135. The minimum Gasteiger partial charge on any atom is -0.325 e. The number of rotatable bonds is 5. The first-order valence-electron chi connectivity index (χ1n) is 7.28. The third-order valence-electron chi connectivity index (χ3n) is 3.31. The van der Waals surface area contributed by atoms with Crippen LogP contribution in [0.1, 0.15) is 5.56 Å². The molecule has 0 unspecified atom stereocenters. The van der Waals surface area contributed by atoms with Gasteiger partial charge in [-0.15, -0.1) is 5.10 Å². The van der Waals surface area contributed by atoms with Gasteiger partial charge < -0.3 is 5.32 Å². The van der Waals surface area contributed by atoms with Crippen molar-refractivity contribution in [2.75, 3.05) is 11.1 Å². The van der Waals surface area contributed by atoms with Crippen molar-refractivity contribution in [3.05, 3.63) is 59.1 Å². The average Bonchev–Trinajstić information content (AvgIpc) is 3.02. The van der Waals surface area contributed by atoms with Gasteiger partial charge in [0.05, 0.1) is 5.75 Å². The highest BCUT2D eigenvalue weighted by Gasteiger charge is 2.10. The summed E-state index contributed by atoms with van der Waals surface area (Å²) in [4.78, 5) is 16.4. The predicted molar refractivity (Wildman–Crippen MR) is 97.4 cm³/mol. The quantitative estimate of drug-likeness (QED) is 0.672. The lowest BCUT2D eigenvalue weighted by molar-refractivity contribution is -0.113. The fraction of sp³-hybridized carbons (Fsp3) is 0.118. The SMILES string of the molecule is Cc1ccccc1-c1nc(SCC(=O)Nc2cccc(Cl)c2)n[nH]1. The summed E-state index contributed by atoms with van der Waals surface area (Å²) in [6, 6.07) is 15.0. The van der Waals surface area contributed by atoms with E-state index in [1.54, 1.807) is 24.3 Å². The number of nitrogens with one attached hydrogen (secondary N) is 2. The van der Waals surface area contributed by atoms with Crippen molar-refractivity contribution in [2.45, 2.75) is 12.1 Å². The molecule has 3 aromatic rings. The van der Waals surface area contributed by atoms with Crippen LogP contribution in [0.3, 0.4) is 0 Å². The maximum Gasteiger partial charge on any atom is 0.234 e. The molecule has 7 heteroatoms. The Morgan fingerprint density at radius 3 is 2.88 bits per heavy atom. The van der Waals surface area contributed by atoms with Crippen LogP contribution < -0.4 is 5.32 Å². The standard InChI is InChI=1S/C17H15ClN4OS/c1-11-5-2-3-8-14(11)16-20-17(22-21-16)24-10-15(23)19-13-7-4-6-12(18)9-13/h2-9H,10H2,1H3,(H,19,23)(H,20,21,22). The molecule has 3 rings (SSSR count). The molecule has 0 aliphatic rings. The fourth-order valence-electron chi connectivity index (χ4n) is 2.16. The monoisotopic (exact) mass is 358 g/mol. The van der Waals surface area contributed by atoms with Gasteiger partial charge in [-0.05, 0) is 30.7 Å². The zero-order valence-corrected chi connectivity index (χ0v) is 14.5. The number of hydrogen-bond donors (Lipinski definition) is 2. The van der Waals surface area contributed by atoms with E-state index in [1.807, 2.05) is 31.2 Å². The van der Waals surface area contributed by atoms with Crippen LogP contribution in [0.4, 0.5) is 5.69 Å². The van der Waals surface area contributed by atoms with E-state index in [-0.39, 0.29) is 11.7 Å². The highest BCUT2D eigenvalue weighted by Crippen LogP contribution is 2.22. The summed E-state index contributed by atoms with van der Waals surface area (Å²) in [5.74, 6) is 0.785. The molecule has 0 bridgehead atoms. The van der Waals surface area contributed by atoms with Crippen molar-refractivity contribution in [2.24, 2.45) is 0 Å². The number of aromatic nitrogens is 3. The molecule has 1 aromatic heterocycles. The van der Waals surface area contributed by atoms with E-state index in [4.69, 9.17) is 11.6 Å². The van der Waals surface area contributed by atoms with Gasteiger partial charge in [0.1, 0.15) is 0 Å². The van der Waals surface area contributed by atoms with E-state index in [9.17, 15) is 4.79 Å². The first kappa shape index (κ1) is 16.5. The zero-order valence-electron chi connectivity index (χ0n) is 12.9. The maximum absolute atomic E-state index is 12.0. The van der Waals surface area contributed by atoms with Gasteiger partial charge in [0.15, 0.2) is 5.82 Å². The number of carbonyl (C=O) groups is 1. The van der Waals surface area contributed by atoms with Crippen LogP contribution in [0.25, 0.3) is 11.4 Å². The number of thioether (sulfide) groups is 1. The summed E-state index contributed by atoms with van der Waals surface area (Å²) < 4.78 is 0. The van der Waals surface area contributed by atoms with E-state index in [2.05, 4.69) is 20.5 Å². The lowest BCUT2D eigenvalue weighted by Crippen LogP contribution is -2.14. The van der Waals surface area contributed by atoms with E-state index < -0.39 is 0 Å². The van der Waals surface area contributed by atoms with Crippen LogP contribution in [-0.4, -0.2) is 26.8 Å². The van der Waals surface area contributed by atoms with Crippen molar-refractivity contribution in [3.63, 3.8) is 0 Å². The summed E-state index contributed by atoms with van der Waals surface area (Å²) in [5.41, 5.74) is 2.79. The van der Waals surface area contributed by atoms with Gasteiger partial charge in [-0.3, -0.25) is 9.89 Å². The van der Waals surface area contributed by atoms with Crippen LogP contribution in [0.15, 0.2) is 53.7 Å². The largest absolute Gasteiger partial charge is 0.325 e. The third kappa shape index (κ3) is 4.15. The Morgan fingerprint density at radius 1 is 1.25 bits per heavy atom. The summed E-state index contributed by atoms with van der Waals surface area (Å²) in [5, 5.41) is 11.0. The second-order valence-corrected chi connectivity index (χ2v) is 6.51. The van der Waals surface area contributed by atoms with E-state index in [1.165, 1.54) is 11.8 Å². The lowest BCUT2D eigenvalue weighted by Gasteiger charge is -2.04. The Hall–Kier alpha value is -2.31. The summed E-state index contributed by atoms with van der Waals surface area (Å²) in [6.07, 6.45) is 0. The summed E-state index contributed by atoms with van der Waals surface area (Å²) >= 11 is 7.17.